The van der Waals surface area contributed by atoms with Crippen LogP contribution in [0.15, 0.2) is 30.3 Å². The molecule has 5 nitrogen and oxygen atoms in total. The molecule has 0 atom stereocenters. The maximum absolute atomic E-state index is 11.8. The second-order valence-corrected chi connectivity index (χ2v) is 6.70. The summed E-state index contributed by atoms with van der Waals surface area (Å²) in [4.78, 5) is 22.3. The van der Waals surface area contributed by atoms with Crippen LogP contribution < -0.4 is 0 Å². The van der Waals surface area contributed by atoms with Crippen molar-refractivity contribution in [1.29, 1.82) is 0 Å². The SMILES string of the molecule is CC(=O)OCOCCCCCCCCCCCCOC(=O)c1ccccc1. The summed E-state index contributed by atoms with van der Waals surface area (Å²) < 4.78 is 15.2. The summed E-state index contributed by atoms with van der Waals surface area (Å²) in [7, 11) is 0. The van der Waals surface area contributed by atoms with E-state index in [2.05, 4.69) is 0 Å². The summed E-state index contributed by atoms with van der Waals surface area (Å²) in [6.45, 7) is 2.61. The van der Waals surface area contributed by atoms with Crippen LogP contribution in [0.4, 0.5) is 0 Å². The highest BCUT2D eigenvalue weighted by Crippen LogP contribution is 2.11. The van der Waals surface area contributed by atoms with Crippen LogP contribution in [0.2, 0.25) is 0 Å². The molecule has 0 radical (unpaired) electrons. The van der Waals surface area contributed by atoms with Crippen molar-refractivity contribution in [2.24, 2.45) is 0 Å². The van der Waals surface area contributed by atoms with Crippen molar-refractivity contribution in [2.75, 3.05) is 20.0 Å². The van der Waals surface area contributed by atoms with Gasteiger partial charge in [-0.05, 0) is 25.0 Å². The van der Waals surface area contributed by atoms with Crippen LogP contribution in [-0.2, 0) is 19.0 Å². The van der Waals surface area contributed by atoms with E-state index in [-0.39, 0.29) is 18.7 Å². The first kappa shape index (κ1) is 23.2. The summed E-state index contributed by atoms with van der Waals surface area (Å²) in [5.41, 5.74) is 0.619. The first-order valence-corrected chi connectivity index (χ1v) is 10.1. The highest BCUT2D eigenvalue weighted by molar-refractivity contribution is 5.89. The van der Waals surface area contributed by atoms with Crippen molar-refractivity contribution in [3.05, 3.63) is 35.9 Å². The van der Waals surface area contributed by atoms with E-state index < -0.39 is 0 Å². The summed E-state index contributed by atoms with van der Waals surface area (Å²) >= 11 is 0. The molecule has 0 heterocycles. The molecule has 0 unspecified atom stereocenters. The Morgan fingerprint density at radius 3 is 1.78 bits per heavy atom. The first-order chi connectivity index (χ1) is 13.2. The predicted octanol–water partition coefficient (Wildman–Crippen LogP) is 5.28. The van der Waals surface area contributed by atoms with Crippen LogP contribution >= 0.6 is 0 Å². The van der Waals surface area contributed by atoms with Gasteiger partial charge in [0, 0.05) is 6.92 Å². The van der Waals surface area contributed by atoms with E-state index in [1.165, 1.54) is 45.4 Å². The number of rotatable bonds is 16. The van der Waals surface area contributed by atoms with E-state index in [1.54, 1.807) is 12.1 Å². The van der Waals surface area contributed by atoms with E-state index in [0.717, 1.165) is 25.7 Å². The Bertz CT molecular complexity index is 501. The average molecular weight is 379 g/mol. The van der Waals surface area contributed by atoms with Gasteiger partial charge in [0.15, 0.2) is 6.79 Å². The van der Waals surface area contributed by atoms with E-state index in [0.29, 0.717) is 18.8 Å². The van der Waals surface area contributed by atoms with E-state index in [1.807, 2.05) is 18.2 Å². The Kier molecular flexibility index (Phi) is 14.0. The van der Waals surface area contributed by atoms with Crippen molar-refractivity contribution in [3.63, 3.8) is 0 Å². The van der Waals surface area contributed by atoms with E-state index in [9.17, 15) is 9.59 Å². The van der Waals surface area contributed by atoms with Crippen LogP contribution in [0.25, 0.3) is 0 Å². The van der Waals surface area contributed by atoms with Gasteiger partial charge in [-0.1, -0.05) is 69.6 Å². The standard InChI is InChI=1S/C22H34O5/c1-20(23)27-19-25-17-13-8-6-4-2-3-5-7-9-14-18-26-22(24)21-15-11-10-12-16-21/h10-12,15-16H,2-9,13-14,17-19H2,1H3. The van der Waals surface area contributed by atoms with Gasteiger partial charge >= 0.3 is 11.9 Å². The third-order valence-corrected chi connectivity index (χ3v) is 4.27. The Labute approximate surface area is 163 Å². The lowest BCUT2D eigenvalue weighted by Crippen LogP contribution is -2.06. The minimum Gasteiger partial charge on any atom is -0.462 e. The Morgan fingerprint density at radius 1 is 0.704 bits per heavy atom. The number of carbonyl (C=O) groups excluding carboxylic acids is 2. The Hall–Kier alpha value is -1.88. The molecular weight excluding hydrogens is 344 g/mol. The van der Waals surface area contributed by atoms with Gasteiger partial charge in [0.25, 0.3) is 0 Å². The number of benzene rings is 1. The van der Waals surface area contributed by atoms with Gasteiger partial charge in [0.05, 0.1) is 18.8 Å². The molecule has 1 rings (SSSR count). The van der Waals surface area contributed by atoms with E-state index in [4.69, 9.17) is 14.2 Å². The summed E-state index contributed by atoms with van der Waals surface area (Å²) in [6, 6.07) is 9.13. The quantitative estimate of drug-likeness (QED) is 0.222. The molecule has 0 amide bonds. The largest absolute Gasteiger partial charge is 0.462 e. The number of hydrogen-bond donors (Lipinski definition) is 0. The molecule has 27 heavy (non-hydrogen) atoms. The van der Waals surface area contributed by atoms with Crippen molar-refractivity contribution >= 4 is 11.9 Å². The Balaban J connectivity index is 1.77. The lowest BCUT2D eigenvalue weighted by atomic mass is 10.1. The molecule has 0 N–H and O–H groups in total. The van der Waals surface area contributed by atoms with Crippen LogP contribution in [0.5, 0.6) is 0 Å². The fourth-order valence-corrected chi connectivity index (χ4v) is 2.73. The molecule has 0 aliphatic rings. The molecular formula is C22H34O5. The minimum atomic E-state index is -0.303. The smallest absolute Gasteiger partial charge is 0.338 e. The second-order valence-electron chi connectivity index (χ2n) is 6.70. The highest BCUT2D eigenvalue weighted by atomic mass is 16.7. The van der Waals surface area contributed by atoms with Crippen molar-refractivity contribution < 1.29 is 23.8 Å². The number of carbonyl (C=O) groups is 2. The highest BCUT2D eigenvalue weighted by Gasteiger charge is 2.04. The predicted molar refractivity (Wildman–Crippen MR) is 105 cm³/mol. The molecule has 0 aliphatic heterocycles. The lowest BCUT2D eigenvalue weighted by Gasteiger charge is -2.05. The topological polar surface area (TPSA) is 61.8 Å². The molecule has 0 aliphatic carbocycles. The molecule has 0 spiro atoms. The first-order valence-electron chi connectivity index (χ1n) is 10.1. The molecule has 1 aromatic rings. The molecule has 152 valence electrons. The van der Waals surface area contributed by atoms with Gasteiger partial charge in [0.2, 0.25) is 0 Å². The fourth-order valence-electron chi connectivity index (χ4n) is 2.73. The molecule has 0 bridgehead atoms. The fraction of sp³-hybridized carbons (Fsp3) is 0.636. The molecule has 0 aromatic heterocycles. The van der Waals surface area contributed by atoms with E-state index >= 15 is 0 Å². The maximum atomic E-state index is 11.8. The van der Waals surface area contributed by atoms with Crippen LogP contribution in [-0.4, -0.2) is 31.9 Å². The molecule has 0 saturated heterocycles. The summed E-state index contributed by atoms with van der Waals surface area (Å²) in [6.07, 6.45) is 11.7. The zero-order valence-electron chi connectivity index (χ0n) is 16.6. The van der Waals surface area contributed by atoms with Crippen LogP contribution in [0, 0.1) is 0 Å². The monoisotopic (exact) mass is 378 g/mol. The maximum Gasteiger partial charge on any atom is 0.338 e. The molecule has 1 aromatic carbocycles. The van der Waals surface area contributed by atoms with Gasteiger partial charge in [-0.25, -0.2) is 4.79 Å². The molecule has 0 saturated carbocycles. The number of esters is 2. The van der Waals surface area contributed by atoms with Gasteiger partial charge < -0.3 is 14.2 Å². The molecule has 0 fully saturated rings. The van der Waals surface area contributed by atoms with Crippen molar-refractivity contribution in [2.45, 2.75) is 71.1 Å². The third-order valence-electron chi connectivity index (χ3n) is 4.27. The zero-order chi connectivity index (χ0) is 19.6. The van der Waals surface area contributed by atoms with Crippen LogP contribution in [0.3, 0.4) is 0 Å². The van der Waals surface area contributed by atoms with Gasteiger partial charge in [0.1, 0.15) is 0 Å². The van der Waals surface area contributed by atoms with Gasteiger partial charge in [-0.3, -0.25) is 4.79 Å². The normalized spacial score (nSPS) is 10.6. The minimum absolute atomic E-state index is 0.0702. The van der Waals surface area contributed by atoms with Gasteiger partial charge in [-0.15, -0.1) is 0 Å². The molecule has 5 heteroatoms. The average Bonchev–Trinajstić information content (AvgIpc) is 2.68. The van der Waals surface area contributed by atoms with Crippen molar-refractivity contribution in [3.8, 4) is 0 Å². The number of unbranched alkanes of at least 4 members (excludes halogenated alkanes) is 9. The second kappa shape index (κ2) is 16.3. The summed E-state index contributed by atoms with van der Waals surface area (Å²) in [5.74, 6) is -0.532. The third kappa shape index (κ3) is 13.9. The van der Waals surface area contributed by atoms with Gasteiger partial charge in [-0.2, -0.15) is 0 Å². The number of hydrogen-bond acceptors (Lipinski definition) is 5. The summed E-state index contributed by atoms with van der Waals surface area (Å²) in [5, 5.41) is 0. The number of ether oxygens (including phenoxy) is 3. The zero-order valence-corrected chi connectivity index (χ0v) is 16.6. The van der Waals surface area contributed by atoms with Crippen molar-refractivity contribution in [1.82, 2.24) is 0 Å². The Morgan fingerprint density at radius 2 is 1.22 bits per heavy atom. The van der Waals surface area contributed by atoms with Crippen LogP contribution in [0.1, 0.15) is 81.5 Å². The lowest BCUT2D eigenvalue weighted by molar-refractivity contribution is -0.153.